The van der Waals surface area contributed by atoms with E-state index in [4.69, 9.17) is 14.2 Å². The summed E-state index contributed by atoms with van der Waals surface area (Å²) in [5, 5.41) is 3.01. The van der Waals surface area contributed by atoms with E-state index in [2.05, 4.69) is 10.2 Å². The molecule has 0 radical (unpaired) electrons. The molecule has 2 heterocycles. The lowest BCUT2D eigenvalue weighted by atomic mass is 9.93. The number of para-hydroxylation sites is 1. The van der Waals surface area contributed by atoms with Gasteiger partial charge in [-0.3, -0.25) is 14.6 Å². The summed E-state index contributed by atoms with van der Waals surface area (Å²) in [4.78, 5) is 42.9. The number of carbonyl (C=O) groups is 3. The first-order chi connectivity index (χ1) is 18.9. The normalized spacial score (nSPS) is 19.9. The molecule has 0 bridgehead atoms. The number of hydrogen-bond acceptors (Lipinski definition) is 7. The van der Waals surface area contributed by atoms with Crippen molar-refractivity contribution in [1.29, 1.82) is 0 Å². The first-order valence-electron chi connectivity index (χ1n) is 13.6. The van der Waals surface area contributed by atoms with Crippen LogP contribution in [0.5, 0.6) is 11.5 Å². The minimum atomic E-state index is -0.723. The molecule has 0 spiro atoms. The van der Waals surface area contributed by atoms with Gasteiger partial charge in [0.2, 0.25) is 0 Å². The predicted molar refractivity (Wildman–Crippen MR) is 146 cm³/mol. The topological polar surface area (TPSA) is 97.4 Å². The van der Waals surface area contributed by atoms with E-state index in [-0.39, 0.29) is 24.5 Å². The second kappa shape index (κ2) is 13.3. The number of piperidine rings is 1. The van der Waals surface area contributed by atoms with Crippen LogP contribution in [-0.4, -0.2) is 67.2 Å². The SMILES string of the molecule is CCOC(=O)C1=C(CN2CCCC(C(=O)OCC)C2)N(CC)C(=O)NC1c1cccc(Oc2ccccc2)c1. The zero-order chi connectivity index (χ0) is 27.8. The molecule has 2 aliphatic rings. The van der Waals surface area contributed by atoms with E-state index in [0.717, 1.165) is 19.4 Å². The average Bonchev–Trinajstić information content (AvgIpc) is 2.94. The standard InChI is InChI=1S/C30H37N3O6/c1-4-33-25(20-32-17-11-13-22(19-32)28(34)37-5-2)26(29(35)38-6-3)27(31-30(33)36)21-12-10-16-24(18-21)39-23-14-8-7-9-15-23/h7-10,12,14-16,18,22,27H,4-6,11,13,17,19-20H2,1-3H3,(H,31,36). The van der Waals surface area contributed by atoms with Crippen LogP contribution in [-0.2, 0) is 19.1 Å². The fourth-order valence-corrected chi connectivity index (χ4v) is 5.15. The minimum absolute atomic E-state index is 0.203. The summed E-state index contributed by atoms with van der Waals surface area (Å²) in [6, 6.07) is 15.7. The zero-order valence-electron chi connectivity index (χ0n) is 22.9. The van der Waals surface area contributed by atoms with Crippen LogP contribution >= 0.6 is 0 Å². The van der Waals surface area contributed by atoms with Gasteiger partial charge in [-0.2, -0.15) is 0 Å². The van der Waals surface area contributed by atoms with Gasteiger partial charge in [-0.15, -0.1) is 0 Å². The third kappa shape index (κ3) is 6.78. The molecule has 2 atom stereocenters. The van der Waals surface area contributed by atoms with Crippen LogP contribution < -0.4 is 10.1 Å². The van der Waals surface area contributed by atoms with E-state index >= 15 is 0 Å². The van der Waals surface area contributed by atoms with Crippen LogP contribution in [0.2, 0.25) is 0 Å². The Morgan fingerprint density at radius 1 is 0.974 bits per heavy atom. The van der Waals surface area contributed by atoms with Crippen LogP contribution in [0.15, 0.2) is 65.9 Å². The van der Waals surface area contributed by atoms with Crippen LogP contribution in [0.4, 0.5) is 4.79 Å². The van der Waals surface area contributed by atoms with Crippen molar-refractivity contribution in [2.24, 2.45) is 5.92 Å². The van der Waals surface area contributed by atoms with Crippen molar-refractivity contribution in [2.75, 3.05) is 39.4 Å². The number of ether oxygens (including phenoxy) is 3. The number of nitrogens with zero attached hydrogens (tertiary/aromatic N) is 2. The second-order valence-corrected chi connectivity index (χ2v) is 9.52. The highest BCUT2D eigenvalue weighted by molar-refractivity contribution is 5.95. The van der Waals surface area contributed by atoms with Gasteiger partial charge >= 0.3 is 18.0 Å². The Morgan fingerprint density at radius 3 is 2.44 bits per heavy atom. The monoisotopic (exact) mass is 535 g/mol. The largest absolute Gasteiger partial charge is 0.466 e. The number of likely N-dealkylation sites (tertiary alicyclic amines) is 1. The highest BCUT2D eigenvalue weighted by Gasteiger charge is 2.39. The number of urea groups is 1. The van der Waals surface area contributed by atoms with E-state index in [1.54, 1.807) is 18.7 Å². The summed E-state index contributed by atoms with van der Waals surface area (Å²) in [5.41, 5.74) is 1.67. The molecule has 2 amide bonds. The smallest absolute Gasteiger partial charge is 0.338 e. The zero-order valence-corrected chi connectivity index (χ0v) is 22.9. The molecule has 2 aliphatic heterocycles. The highest BCUT2D eigenvalue weighted by atomic mass is 16.5. The summed E-state index contributed by atoms with van der Waals surface area (Å²) in [6.07, 6.45) is 1.58. The summed E-state index contributed by atoms with van der Waals surface area (Å²) >= 11 is 0. The summed E-state index contributed by atoms with van der Waals surface area (Å²) in [7, 11) is 0. The Kier molecular flexibility index (Phi) is 9.59. The van der Waals surface area contributed by atoms with Gasteiger partial charge in [0.25, 0.3) is 0 Å². The first kappa shape index (κ1) is 28.2. The molecule has 4 rings (SSSR count). The number of likely N-dealkylation sites (N-methyl/N-ethyl adjacent to an activating group) is 1. The summed E-state index contributed by atoms with van der Waals surface area (Å²) < 4.78 is 16.8. The van der Waals surface area contributed by atoms with E-state index in [1.807, 2.05) is 61.5 Å². The van der Waals surface area contributed by atoms with Gasteiger partial charge < -0.3 is 19.5 Å². The molecule has 39 heavy (non-hydrogen) atoms. The number of nitrogens with one attached hydrogen (secondary N) is 1. The van der Waals surface area contributed by atoms with Crippen LogP contribution in [0.25, 0.3) is 0 Å². The highest BCUT2D eigenvalue weighted by Crippen LogP contribution is 2.35. The third-order valence-electron chi connectivity index (χ3n) is 6.92. The number of amides is 2. The lowest BCUT2D eigenvalue weighted by Crippen LogP contribution is -2.51. The number of rotatable bonds is 10. The molecule has 0 aromatic heterocycles. The molecule has 0 saturated carbocycles. The summed E-state index contributed by atoms with van der Waals surface area (Å²) in [6.45, 7) is 7.94. The van der Waals surface area contributed by atoms with Crippen LogP contribution in [0.1, 0.15) is 45.2 Å². The van der Waals surface area contributed by atoms with Gasteiger partial charge in [0.15, 0.2) is 0 Å². The quantitative estimate of drug-likeness (QED) is 0.442. The predicted octanol–water partition coefficient (Wildman–Crippen LogP) is 4.66. The van der Waals surface area contributed by atoms with Gasteiger partial charge in [0.05, 0.1) is 30.7 Å². The third-order valence-corrected chi connectivity index (χ3v) is 6.92. The molecular formula is C30H37N3O6. The summed E-state index contributed by atoms with van der Waals surface area (Å²) in [5.74, 6) is 0.347. The van der Waals surface area contributed by atoms with Crippen molar-refractivity contribution in [1.82, 2.24) is 15.1 Å². The molecule has 2 aromatic rings. The van der Waals surface area contributed by atoms with E-state index in [1.165, 1.54) is 0 Å². The molecule has 9 nitrogen and oxygen atoms in total. The molecular weight excluding hydrogens is 498 g/mol. The molecule has 1 N–H and O–H groups in total. The minimum Gasteiger partial charge on any atom is -0.466 e. The molecule has 1 fully saturated rings. The maximum atomic E-state index is 13.5. The van der Waals surface area contributed by atoms with Gasteiger partial charge in [0, 0.05) is 25.3 Å². The molecule has 2 aromatic carbocycles. The van der Waals surface area contributed by atoms with Gasteiger partial charge in [-0.25, -0.2) is 9.59 Å². The Morgan fingerprint density at radius 2 is 1.72 bits per heavy atom. The molecule has 2 unspecified atom stereocenters. The number of carbonyl (C=O) groups excluding carboxylic acids is 3. The molecule has 208 valence electrons. The average molecular weight is 536 g/mol. The molecule has 1 saturated heterocycles. The van der Waals surface area contributed by atoms with Crippen molar-refractivity contribution in [3.05, 3.63) is 71.4 Å². The van der Waals surface area contributed by atoms with E-state index in [9.17, 15) is 14.4 Å². The van der Waals surface area contributed by atoms with Crippen molar-refractivity contribution in [2.45, 2.75) is 39.7 Å². The number of hydrogen-bond donors (Lipinski definition) is 1. The van der Waals surface area contributed by atoms with Crippen molar-refractivity contribution < 1.29 is 28.6 Å². The maximum absolute atomic E-state index is 13.5. The van der Waals surface area contributed by atoms with Crippen molar-refractivity contribution in [3.63, 3.8) is 0 Å². The van der Waals surface area contributed by atoms with Gasteiger partial charge in [-0.1, -0.05) is 30.3 Å². The maximum Gasteiger partial charge on any atom is 0.338 e. The number of esters is 2. The Balaban J connectivity index is 1.70. The van der Waals surface area contributed by atoms with Crippen LogP contribution in [0, 0.1) is 5.92 Å². The van der Waals surface area contributed by atoms with Crippen molar-refractivity contribution in [3.8, 4) is 11.5 Å². The number of benzene rings is 2. The van der Waals surface area contributed by atoms with Crippen molar-refractivity contribution >= 4 is 18.0 Å². The van der Waals surface area contributed by atoms with Gasteiger partial charge in [-0.05, 0) is 70.0 Å². The van der Waals surface area contributed by atoms with Gasteiger partial charge in [0.1, 0.15) is 11.5 Å². The van der Waals surface area contributed by atoms with E-state index in [0.29, 0.717) is 54.6 Å². The lowest BCUT2D eigenvalue weighted by molar-refractivity contribution is -0.150. The fraction of sp³-hybridized carbons (Fsp3) is 0.433. The first-order valence-corrected chi connectivity index (χ1v) is 13.6. The Bertz CT molecular complexity index is 1200. The Labute approximate surface area is 229 Å². The fourth-order valence-electron chi connectivity index (χ4n) is 5.15. The second-order valence-electron chi connectivity index (χ2n) is 9.52. The molecule has 0 aliphatic carbocycles. The lowest BCUT2D eigenvalue weighted by Gasteiger charge is -2.39. The van der Waals surface area contributed by atoms with Crippen LogP contribution in [0.3, 0.4) is 0 Å². The Hall–Kier alpha value is -3.85. The van der Waals surface area contributed by atoms with E-state index < -0.39 is 12.0 Å². The molecule has 9 heteroatoms.